The normalized spacial score (nSPS) is 29.7. The van der Waals surface area contributed by atoms with Crippen LogP contribution < -0.4 is 5.73 Å². The van der Waals surface area contributed by atoms with E-state index in [1.54, 1.807) is 13.2 Å². The molecule has 0 amide bonds. The molecule has 2 aromatic heterocycles. The van der Waals surface area contributed by atoms with Crippen LogP contribution in [0.5, 0.6) is 0 Å². The van der Waals surface area contributed by atoms with E-state index in [0.29, 0.717) is 23.6 Å². The van der Waals surface area contributed by atoms with Crippen LogP contribution in [0.15, 0.2) is 18.3 Å². The standard InChI is InChI=1S/C22H26F5N5O/c1-33-13-2-3-31(9-13)12-5-14-15(6-12)20(14)18-7-17(30-32(18)10-19(23)24)11-4-16(22(25,26)27)21(28)29-8-11/h4,7-8,12-15,19-20H,2-3,5-6,9-10H2,1H3,(H2,28,29)/t12?,13?,14-,15+,20?. The van der Waals surface area contributed by atoms with Gasteiger partial charge in [-0.3, -0.25) is 9.58 Å². The Morgan fingerprint density at radius 3 is 2.55 bits per heavy atom. The molecular formula is C22H26F5N5O. The lowest BCUT2D eigenvalue weighted by atomic mass is 10.0. The SMILES string of the molecule is COC1CCN(C2C[C@@H]3C(c4cc(-c5cnc(N)c(C(F)(F)F)c5)nn4CC(F)F)[C@@H]3C2)C1. The summed E-state index contributed by atoms with van der Waals surface area (Å²) >= 11 is 0. The molecule has 1 saturated heterocycles. The van der Waals surface area contributed by atoms with Crippen LogP contribution in [0.25, 0.3) is 11.3 Å². The van der Waals surface area contributed by atoms with Crippen LogP contribution in [0.2, 0.25) is 0 Å². The van der Waals surface area contributed by atoms with Crippen molar-refractivity contribution in [2.24, 2.45) is 11.8 Å². The first-order valence-electron chi connectivity index (χ1n) is 11.1. The molecule has 6 nitrogen and oxygen atoms in total. The van der Waals surface area contributed by atoms with Crippen molar-refractivity contribution in [1.29, 1.82) is 0 Å². The number of nitrogens with zero attached hydrogens (tertiary/aromatic N) is 4. The molecule has 3 fully saturated rings. The molecule has 1 aliphatic heterocycles. The molecule has 3 heterocycles. The smallest absolute Gasteiger partial charge is 0.383 e. The van der Waals surface area contributed by atoms with Gasteiger partial charge in [0.05, 0.1) is 17.4 Å². The predicted molar refractivity (Wildman–Crippen MR) is 111 cm³/mol. The molecule has 3 unspecified atom stereocenters. The third kappa shape index (κ3) is 4.21. The van der Waals surface area contributed by atoms with E-state index in [-0.39, 0.29) is 23.3 Å². The zero-order valence-electron chi connectivity index (χ0n) is 18.1. The first-order valence-corrected chi connectivity index (χ1v) is 11.1. The van der Waals surface area contributed by atoms with E-state index in [9.17, 15) is 22.0 Å². The monoisotopic (exact) mass is 471 g/mol. The number of aromatic nitrogens is 3. The van der Waals surface area contributed by atoms with E-state index in [0.717, 1.165) is 38.4 Å². The molecule has 0 spiro atoms. The quantitative estimate of drug-likeness (QED) is 0.645. The van der Waals surface area contributed by atoms with E-state index in [4.69, 9.17) is 10.5 Å². The van der Waals surface area contributed by atoms with Gasteiger partial charge in [0.1, 0.15) is 12.4 Å². The van der Waals surface area contributed by atoms with Crippen LogP contribution in [-0.2, 0) is 17.5 Å². The second-order valence-corrected chi connectivity index (χ2v) is 9.30. The van der Waals surface area contributed by atoms with Crippen LogP contribution in [0.4, 0.5) is 27.8 Å². The fourth-order valence-corrected chi connectivity index (χ4v) is 5.79. The van der Waals surface area contributed by atoms with Gasteiger partial charge in [-0.15, -0.1) is 0 Å². The molecule has 0 radical (unpaired) electrons. The second kappa shape index (κ2) is 8.19. The summed E-state index contributed by atoms with van der Waals surface area (Å²) in [4.78, 5) is 6.11. The number of anilines is 1. The van der Waals surface area contributed by atoms with Crippen LogP contribution in [0.1, 0.15) is 36.4 Å². The second-order valence-electron chi connectivity index (χ2n) is 9.30. The van der Waals surface area contributed by atoms with Crippen molar-refractivity contribution < 1.29 is 26.7 Å². The maximum Gasteiger partial charge on any atom is 0.419 e. The Kier molecular flexibility index (Phi) is 5.59. The summed E-state index contributed by atoms with van der Waals surface area (Å²) in [6.45, 7) is 1.34. The maximum atomic E-state index is 13.3. The molecule has 0 aromatic carbocycles. The summed E-state index contributed by atoms with van der Waals surface area (Å²) in [6.07, 6.45) is -2.82. The fraction of sp³-hybridized carbons (Fsp3) is 0.636. The summed E-state index contributed by atoms with van der Waals surface area (Å²) in [5, 5.41) is 4.24. The van der Waals surface area contributed by atoms with Gasteiger partial charge in [-0.1, -0.05) is 0 Å². The molecule has 5 rings (SSSR count). The highest BCUT2D eigenvalue weighted by Gasteiger charge is 2.59. The lowest BCUT2D eigenvalue weighted by molar-refractivity contribution is -0.137. The summed E-state index contributed by atoms with van der Waals surface area (Å²) in [6, 6.07) is 2.99. The Morgan fingerprint density at radius 1 is 1.21 bits per heavy atom. The topological polar surface area (TPSA) is 69.2 Å². The molecule has 3 aliphatic rings. The summed E-state index contributed by atoms with van der Waals surface area (Å²) < 4.78 is 72.9. The Labute approximate surface area is 187 Å². The number of hydrogen-bond acceptors (Lipinski definition) is 5. The average Bonchev–Trinajstić information content (AvgIpc) is 3.21. The zero-order chi connectivity index (χ0) is 23.5. The van der Waals surface area contributed by atoms with Crippen molar-refractivity contribution in [3.05, 3.63) is 29.6 Å². The lowest BCUT2D eigenvalue weighted by Gasteiger charge is -2.26. The number of pyridine rings is 1. The Bertz CT molecular complexity index is 1010. The molecule has 180 valence electrons. The van der Waals surface area contributed by atoms with E-state index >= 15 is 0 Å². The van der Waals surface area contributed by atoms with Gasteiger partial charge in [0.2, 0.25) is 0 Å². The molecule has 2 aliphatic carbocycles. The molecule has 2 saturated carbocycles. The largest absolute Gasteiger partial charge is 0.419 e. The van der Waals surface area contributed by atoms with Gasteiger partial charge in [0.25, 0.3) is 6.43 Å². The van der Waals surface area contributed by atoms with Crippen molar-refractivity contribution in [2.75, 3.05) is 25.9 Å². The number of rotatable bonds is 6. The van der Waals surface area contributed by atoms with Crippen LogP contribution in [0.3, 0.4) is 0 Å². The minimum absolute atomic E-state index is 0.103. The predicted octanol–water partition coefficient (Wildman–Crippen LogP) is 4.02. The van der Waals surface area contributed by atoms with Gasteiger partial charge in [0, 0.05) is 49.6 Å². The zero-order valence-corrected chi connectivity index (χ0v) is 18.1. The van der Waals surface area contributed by atoms with Crippen LogP contribution in [-0.4, -0.2) is 58.4 Å². The summed E-state index contributed by atoms with van der Waals surface area (Å²) in [7, 11) is 1.73. The summed E-state index contributed by atoms with van der Waals surface area (Å²) in [5.74, 6) is 0.241. The number of nitrogen functional groups attached to an aromatic ring is 1. The highest BCUT2D eigenvalue weighted by Crippen LogP contribution is 2.64. The molecule has 0 bridgehead atoms. The number of ether oxygens (including phenoxy) is 1. The lowest BCUT2D eigenvalue weighted by Crippen LogP contribution is -2.33. The number of methoxy groups -OCH3 is 1. The van der Waals surface area contributed by atoms with Gasteiger partial charge in [-0.25, -0.2) is 13.8 Å². The van der Waals surface area contributed by atoms with Gasteiger partial charge in [0.15, 0.2) is 0 Å². The first-order chi connectivity index (χ1) is 15.7. The van der Waals surface area contributed by atoms with Crippen molar-refractivity contribution in [3.63, 3.8) is 0 Å². The average molecular weight is 471 g/mol. The number of alkyl halides is 5. The number of likely N-dealkylation sites (tertiary alicyclic amines) is 1. The number of halogens is 5. The van der Waals surface area contributed by atoms with Crippen molar-refractivity contribution in [3.8, 4) is 11.3 Å². The van der Waals surface area contributed by atoms with Gasteiger partial charge in [-0.2, -0.15) is 18.3 Å². The Hall–Kier alpha value is -2.27. The molecule has 11 heteroatoms. The highest BCUT2D eigenvalue weighted by molar-refractivity contribution is 5.63. The van der Waals surface area contributed by atoms with E-state index in [2.05, 4.69) is 15.0 Å². The third-order valence-corrected chi connectivity index (χ3v) is 7.43. The number of hydrogen-bond donors (Lipinski definition) is 1. The minimum Gasteiger partial charge on any atom is -0.383 e. The summed E-state index contributed by atoms with van der Waals surface area (Å²) in [5.41, 5.74) is 5.31. The van der Waals surface area contributed by atoms with E-state index in [1.807, 2.05) is 0 Å². The van der Waals surface area contributed by atoms with Gasteiger partial charge < -0.3 is 10.5 Å². The number of fused-ring (bicyclic) bond motifs is 1. The van der Waals surface area contributed by atoms with Gasteiger partial charge >= 0.3 is 6.18 Å². The van der Waals surface area contributed by atoms with Crippen molar-refractivity contribution in [1.82, 2.24) is 19.7 Å². The minimum atomic E-state index is -4.67. The van der Waals surface area contributed by atoms with Crippen molar-refractivity contribution >= 4 is 5.82 Å². The third-order valence-electron chi connectivity index (χ3n) is 7.43. The van der Waals surface area contributed by atoms with Gasteiger partial charge in [-0.05, 0) is 43.2 Å². The van der Waals surface area contributed by atoms with E-state index < -0.39 is 30.5 Å². The van der Waals surface area contributed by atoms with Crippen LogP contribution in [0, 0.1) is 11.8 Å². The maximum absolute atomic E-state index is 13.3. The molecule has 2 N–H and O–H groups in total. The molecule has 5 atom stereocenters. The van der Waals surface area contributed by atoms with Crippen molar-refractivity contribution in [2.45, 2.75) is 56.5 Å². The highest BCUT2D eigenvalue weighted by atomic mass is 19.4. The fourth-order valence-electron chi connectivity index (χ4n) is 5.79. The van der Waals surface area contributed by atoms with Crippen LogP contribution >= 0.6 is 0 Å². The first kappa shape index (κ1) is 22.5. The Morgan fingerprint density at radius 2 is 1.94 bits per heavy atom. The molecule has 2 aromatic rings. The Balaban J connectivity index is 1.37. The molecule has 33 heavy (non-hydrogen) atoms. The molecular weight excluding hydrogens is 445 g/mol. The van der Waals surface area contributed by atoms with E-state index in [1.165, 1.54) is 10.9 Å². The number of nitrogens with two attached hydrogens (primary N) is 1.